The zero-order valence-electron chi connectivity index (χ0n) is 16.6. The number of fused-ring (bicyclic) bond motifs is 3. The van der Waals surface area contributed by atoms with Crippen molar-refractivity contribution in [3.63, 3.8) is 0 Å². The molecule has 6 heteroatoms. The first-order valence-electron chi connectivity index (χ1n) is 10.0. The molecule has 2 aromatic carbocycles. The third kappa shape index (κ3) is 3.12. The van der Waals surface area contributed by atoms with E-state index >= 15 is 0 Å². The summed E-state index contributed by atoms with van der Waals surface area (Å²) in [7, 11) is 1.64. The van der Waals surface area contributed by atoms with E-state index in [1.807, 2.05) is 49.4 Å². The zero-order valence-corrected chi connectivity index (χ0v) is 17.4. The van der Waals surface area contributed by atoms with Gasteiger partial charge < -0.3 is 9.72 Å². The van der Waals surface area contributed by atoms with Gasteiger partial charge in [0.1, 0.15) is 16.8 Å². The molecular formula is C23H23N3O2S. The number of aromatic amines is 1. The van der Waals surface area contributed by atoms with E-state index in [0.717, 1.165) is 45.7 Å². The van der Waals surface area contributed by atoms with Crippen LogP contribution in [0.1, 0.15) is 31.2 Å². The Morgan fingerprint density at radius 1 is 1.17 bits per heavy atom. The molecule has 5 rings (SSSR count). The van der Waals surface area contributed by atoms with Gasteiger partial charge in [0, 0.05) is 16.2 Å². The van der Waals surface area contributed by atoms with Gasteiger partial charge in [-0.25, -0.2) is 9.55 Å². The fourth-order valence-electron chi connectivity index (χ4n) is 4.16. The van der Waals surface area contributed by atoms with Crippen LogP contribution in [-0.2, 0) is 0 Å². The maximum atomic E-state index is 13.7. The van der Waals surface area contributed by atoms with Crippen molar-refractivity contribution in [2.24, 2.45) is 0 Å². The summed E-state index contributed by atoms with van der Waals surface area (Å²) < 4.78 is 7.33. The predicted molar refractivity (Wildman–Crippen MR) is 119 cm³/mol. The van der Waals surface area contributed by atoms with Crippen LogP contribution in [-0.4, -0.2) is 26.9 Å². The molecule has 2 heterocycles. The number of nitrogens with one attached hydrogen (secondary N) is 1. The van der Waals surface area contributed by atoms with Crippen molar-refractivity contribution in [3.05, 3.63) is 58.4 Å². The SMILES string of the molecule is COc1ccc(C)cc1-n1c(SC2CCCC2)nc2c([nH]c3ccccc32)c1=O. The highest BCUT2D eigenvalue weighted by molar-refractivity contribution is 7.99. The molecule has 0 aliphatic heterocycles. The number of hydrogen-bond donors (Lipinski definition) is 1. The van der Waals surface area contributed by atoms with Crippen LogP contribution in [0.25, 0.3) is 27.6 Å². The molecule has 1 saturated carbocycles. The number of para-hydroxylation sites is 1. The minimum absolute atomic E-state index is 0.0874. The Hall–Kier alpha value is -2.73. The first kappa shape index (κ1) is 18.3. The van der Waals surface area contributed by atoms with Crippen LogP contribution in [0.3, 0.4) is 0 Å². The third-order valence-corrected chi connectivity index (χ3v) is 6.93. The van der Waals surface area contributed by atoms with Crippen molar-refractivity contribution in [2.45, 2.75) is 43.0 Å². The summed E-state index contributed by atoms with van der Waals surface area (Å²) in [5.41, 5.74) is 3.93. The number of nitrogens with zero attached hydrogens (tertiary/aromatic N) is 2. The average Bonchev–Trinajstić information content (AvgIpc) is 3.36. The molecule has 0 saturated heterocycles. The van der Waals surface area contributed by atoms with E-state index < -0.39 is 0 Å². The van der Waals surface area contributed by atoms with Crippen LogP contribution in [0.4, 0.5) is 0 Å². The van der Waals surface area contributed by atoms with Crippen molar-refractivity contribution in [1.82, 2.24) is 14.5 Å². The smallest absolute Gasteiger partial charge is 0.283 e. The molecule has 0 radical (unpaired) electrons. The number of benzene rings is 2. The lowest BCUT2D eigenvalue weighted by Crippen LogP contribution is -2.23. The van der Waals surface area contributed by atoms with Crippen molar-refractivity contribution in [3.8, 4) is 11.4 Å². The average molecular weight is 406 g/mol. The minimum atomic E-state index is -0.0874. The van der Waals surface area contributed by atoms with Crippen LogP contribution in [0.15, 0.2) is 52.4 Å². The lowest BCUT2D eigenvalue weighted by Gasteiger charge is -2.17. The van der Waals surface area contributed by atoms with Crippen LogP contribution in [0.2, 0.25) is 0 Å². The number of methoxy groups -OCH3 is 1. The van der Waals surface area contributed by atoms with E-state index in [9.17, 15) is 4.79 Å². The van der Waals surface area contributed by atoms with Crippen molar-refractivity contribution < 1.29 is 4.74 Å². The van der Waals surface area contributed by atoms with E-state index in [4.69, 9.17) is 9.72 Å². The quantitative estimate of drug-likeness (QED) is 0.473. The highest BCUT2D eigenvalue weighted by Crippen LogP contribution is 2.36. The lowest BCUT2D eigenvalue weighted by atomic mass is 10.2. The second-order valence-corrected chi connectivity index (χ2v) is 8.90. The highest BCUT2D eigenvalue weighted by Gasteiger charge is 2.23. The highest BCUT2D eigenvalue weighted by atomic mass is 32.2. The summed E-state index contributed by atoms with van der Waals surface area (Å²) in [5, 5.41) is 2.21. The van der Waals surface area contributed by atoms with Crippen LogP contribution >= 0.6 is 11.8 Å². The first-order valence-corrected chi connectivity index (χ1v) is 10.9. The Kier molecular flexibility index (Phi) is 4.59. The van der Waals surface area contributed by atoms with Crippen molar-refractivity contribution in [2.75, 3.05) is 7.11 Å². The van der Waals surface area contributed by atoms with Gasteiger partial charge in [-0.1, -0.05) is 48.9 Å². The standard InChI is InChI=1S/C23H23N3O2S/c1-14-11-12-19(28-2)18(13-14)26-22(27)21-20(16-9-5-6-10-17(16)24-21)25-23(26)29-15-7-3-4-8-15/h5-6,9-13,15,24H,3-4,7-8H2,1-2H3. The molecule has 1 N–H and O–H groups in total. The second-order valence-electron chi connectivity index (χ2n) is 7.63. The normalized spacial score (nSPS) is 14.8. The minimum Gasteiger partial charge on any atom is -0.495 e. The molecule has 0 atom stereocenters. The Morgan fingerprint density at radius 2 is 1.97 bits per heavy atom. The summed E-state index contributed by atoms with van der Waals surface area (Å²) in [6.07, 6.45) is 4.81. The van der Waals surface area contributed by atoms with E-state index in [-0.39, 0.29) is 5.56 Å². The van der Waals surface area contributed by atoms with Gasteiger partial charge in [0.15, 0.2) is 5.16 Å². The molecule has 1 aliphatic carbocycles. The molecular weight excluding hydrogens is 382 g/mol. The molecule has 0 unspecified atom stereocenters. The molecule has 0 amide bonds. The van der Waals surface area contributed by atoms with E-state index in [0.29, 0.717) is 16.5 Å². The molecule has 0 spiro atoms. The van der Waals surface area contributed by atoms with Crippen LogP contribution < -0.4 is 10.3 Å². The van der Waals surface area contributed by atoms with Gasteiger partial charge in [-0.3, -0.25) is 4.79 Å². The lowest BCUT2D eigenvalue weighted by molar-refractivity contribution is 0.411. The molecule has 2 aromatic heterocycles. The van der Waals surface area contributed by atoms with Gasteiger partial charge in [-0.2, -0.15) is 0 Å². The Balaban J connectivity index is 1.83. The molecule has 4 aromatic rings. The van der Waals surface area contributed by atoms with E-state index in [2.05, 4.69) is 4.98 Å². The Bertz CT molecular complexity index is 1270. The number of aromatic nitrogens is 3. The second kappa shape index (κ2) is 7.26. The van der Waals surface area contributed by atoms with Crippen molar-refractivity contribution >= 4 is 33.7 Å². The predicted octanol–water partition coefficient (Wildman–Crippen LogP) is 5.22. The third-order valence-electron chi connectivity index (χ3n) is 5.64. The maximum Gasteiger partial charge on any atom is 0.283 e. The van der Waals surface area contributed by atoms with Crippen LogP contribution in [0.5, 0.6) is 5.75 Å². The number of thioether (sulfide) groups is 1. The summed E-state index contributed by atoms with van der Waals surface area (Å²) in [6.45, 7) is 2.02. The topological polar surface area (TPSA) is 59.9 Å². The van der Waals surface area contributed by atoms with Crippen molar-refractivity contribution in [1.29, 1.82) is 0 Å². The number of aryl methyl sites for hydroxylation is 1. The maximum absolute atomic E-state index is 13.7. The summed E-state index contributed by atoms with van der Waals surface area (Å²) in [5.74, 6) is 0.670. The number of H-pyrrole nitrogens is 1. The monoisotopic (exact) mass is 405 g/mol. The largest absolute Gasteiger partial charge is 0.495 e. The molecule has 0 bridgehead atoms. The zero-order chi connectivity index (χ0) is 20.0. The number of hydrogen-bond acceptors (Lipinski definition) is 4. The van der Waals surface area contributed by atoms with Gasteiger partial charge in [0.2, 0.25) is 0 Å². The molecule has 1 aliphatic rings. The summed E-state index contributed by atoms with van der Waals surface area (Å²) in [4.78, 5) is 22.0. The number of ether oxygens (including phenoxy) is 1. The molecule has 5 nitrogen and oxygen atoms in total. The molecule has 29 heavy (non-hydrogen) atoms. The van der Waals surface area contributed by atoms with Gasteiger partial charge in [-0.15, -0.1) is 0 Å². The van der Waals surface area contributed by atoms with Gasteiger partial charge in [0.25, 0.3) is 5.56 Å². The van der Waals surface area contributed by atoms with E-state index in [1.165, 1.54) is 12.8 Å². The number of rotatable bonds is 4. The summed E-state index contributed by atoms with van der Waals surface area (Å²) in [6, 6.07) is 13.8. The van der Waals surface area contributed by atoms with E-state index in [1.54, 1.807) is 23.4 Å². The van der Waals surface area contributed by atoms with Gasteiger partial charge in [0.05, 0.1) is 12.8 Å². The fraction of sp³-hybridized carbons (Fsp3) is 0.304. The van der Waals surface area contributed by atoms with Crippen LogP contribution in [0, 0.1) is 6.92 Å². The molecule has 1 fully saturated rings. The Labute approximate surface area is 173 Å². The fourth-order valence-corrected chi connectivity index (χ4v) is 5.46. The Morgan fingerprint density at radius 3 is 2.76 bits per heavy atom. The van der Waals surface area contributed by atoms with Gasteiger partial charge >= 0.3 is 0 Å². The first-order chi connectivity index (χ1) is 14.2. The summed E-state index contributed by atoms with van der Waals surface area (Å²) >= 11 is 1.72. The molecule has 148 valence electrons. The van der Waals surface area contributed by atoms with Gasteiger partial charge in [-0.05, 0) is 43.5 Å².